The summed E-state index contributed by atoms with van der Waals surface area (Å²) in [5.74, 6) is 0. The van der Waals surface area contributed by atoms with Crippen LogP contribution >= 0.6 is 15.9 Å². The lowest BCUT2D eigenvalue weighted by molar-refractivity contribution is 0.669. The van der Waals surface area contributed by atoms with Gasteiger partial charge in [0.15, 0.2) is 0 Å². The summed E-state index contributed by atoms with van der Waals surface area (Å²) in [7, 11) is 0. The molecule has 1 heterocycles. The Morgan fingerprint density at radius 1 is 0.500 bits per heavy atom. The summed E-state index contributed by atoms with van der Waals surface area (Å²) >= 11 is 3.92. The zero-order valence-corrected chi connectivity index (χ0v) is 16.5. The summed E-state index contributed by atoms with van der Waals surface area (Å²) in [6.45, 7) is 0. The van der Waals surface area contributed by atoms with Gasteiger partial charge in [-0.25, -0.2) is 0 Å². The molecule has 2 heteroatoms. The molecule has 0 unspecified atom stereocenters. The highest BCUT2D eigenvalue weighted by Gasteiger charge is 2.15. The molecule has 1 aromatic heterocycles. The first kappa shape index (κ1) is 15.9. The van der Waals surface area contributed by atoms with E-state index >= 15 is 0 Å². The summed E-state index contributed by atoms with van der Waals surface area (Å²) in [5.41, 5.74) is 4.26. The van der Waals surface area contributed by atoms with Crippen molar-refractivity contribution in [2.24, 2.45) is 0 Å². The Labute approximate surface area is 170 Å². The van der Waals surface area contributed by atoms with Gasteiger partial charge in [-0.2, -0.15) is 0 Å². The third-order valence-electron chi connectivity index (χ3n) is 5.53. The lowest BCUT2D eigenvalue weighted by Gasteiger charge is -2.14. The fourth-order valence-electron chi connectivity index (χ4n) is 4.26. The predicted octanol–water partition coefficient (Wildman–Crippen LogP) is 8.32. The number of fused-ring (bicyclic) bond motifs is 6. The summed E-state index contributed by atoms with van der Waals surface area (Å²) in [4.78, 5) is 0. The normalized spacial score (nSPS) is 11.8. The smallest absolute Gasteiger partial charge is 0.135 e. The van der Waals surface area contributed by atoms with E-state index in [2.05, 4.69) is 94.8 Å². The van der Waals surface area contributed by atoms with Crippen molar-refractivity contribution in [2.45, 2.75) is 0 Å². The number of rotatable bonds is 1. The second-order valence-corrected chi connectivity index (χ2v) is 7.88. The van der Waals surface area contributed by atoms with Crippen LogP contribution in [-0.2, 0) is 0 Å². The minimum absolute atomic E-state index is 0.922. The van der Waals surface area contributed by atoms with Crippen molar-refractivity contribution in [1.29, 1.82) is 0 Å². The van der Waals surface area contributed by atoms with Crippen molar-refractivity contribution in [3.05, 3.63) is 95.5 Å². The molecule has 0 atom stereocenters. The quantitative estimate of drug-likeness (QED) is 0.242. The number of furan rings is 1. The Bertz CT molecular complexity index is 1520. The second-order valence-electron chi connectivity index (χ2n) is 7.09. The van der Waals surface area contributed by atoms with E-state index in [1.165, 1.54) is 32.7 Å². The van der Waals surface area contributed by atoms with E-state index in [0.29, 0.717) is 0 Å². The van der Waals surface area contributed by atoms with Gasteiger partial charge in [0.2, 0.25) is 0 Å². The van der Waals surface area contributed by atoms with Gasteiger partial charge in [-0.1, -0.05) is 72.8 Å². The molecule has 0 aliphatic rings. The number of benzene rings is 5. The zero-order valence-electron chi connectivity index (χ0n) is 14.9. The first-order chi connectivity index (χ1) is 13.8. The fraction of sp³-hybridized carbons (Fsp3) is 0. The van der Waals surface area contributed by atoms with Crippen LogP contribution in [0.3, 0.4) is 0 Å². The first-order valence-electron chi connectivity index (χ1n) is 9.32. The van der Waals surface area contributed by atoms with Crippen LogP contribution in [0, 0.1) is 0 Å². The van der Waals surface area contributed by atoms with E-state index in [4.69, 9.17) is 4.42 Å². The molecule has 0 aliphatic carbocycles. The third kappa shape index (κ3) is 2.18. The minimum Gasteiger partial charge on any atom is -0.456 e. The molecule has 0 radical (unpaired) electrons. The van der Waals surface area contributed by atoms with E-state index in [9.17, 15) is 0 Å². The van der Waals surface area contributed by atoms with Crippen LogP contribution in [0.15, 0.2) is 99.9 Å². The van der Waals surface area contributed by atoms with E-state index < -0.39 is 0 Å². The second kappa shape index (κ2) is 5.95. The zero-order chi connectivity index (χ0) is 18.7. The Kier molecular flexibility index (Phi) is 3.38. The molecular weight excluding hydrogens is 408 g/mol. The van der Waals surface area contributed by atoms with Crippen molar-refractivity contribution in [3.8, 4) is 11.1 Å². The molecule has 0 aliphatic heterocycles. The van der Waals surface area contributed by atoms with E-state index in [-0.39, 0.29) is 0 Å². The molecule has 6 aromatic rings. The first-order valence-corrected chi connectivity index (χ1v) is 10.1. The van der Waals surface area contributed by atoms with Gasteiger partial charge in [-0.15, -0.1) is 0 Å². The monoisotopic (exact) mass is 422 g/mol. The van der Waals surface area contributed by atoms with Crippen LogP contribution < -0.4 is 0 Å². The van der Waals surface area contributed by atoms with Crippen LogP contribution in [0.25, 0.3) is 54.6 Å². The highest BCUT2D eigenvalue weighted by atomic mass is 79.9. The van der Waals surface area contributed by atoms with Crippen LogP contribution in [0.4, 0.5) is 0 Å². The van der Waals surface area contributed by atoms with E-state index in [1.54, 1.807) is 0 Å². The maximum absolute atomic E-state index is 6.02. The van der Waals surface area contributed by atoms with Gasteiger partial charge in [0.25, 0.3) is 0 Å². The standard InChI is InChI=1S/C26H15BrO/c27-26-21-11-4-2-8-18(21)17-7-1-3-10-20(17)25(26)16-13-14-24-22(15-16)19-9-5-6-12-23(19)28-24/h1-15H. The molecule has 0 spiro atoms. The van der Waals surface area contributed by atoms with Crippen LogP contribution in [0.1, 0.15) is 0 Å². The van der Waals surface area contributed by atoms with Gasteiger partial charge in [-0.3, -0.25) is 0 Å². The Morgan fingerprint density at radius 3 is 1.86 bits per heavy atom. The maximum Gasteiger partial charge on any atom is 0.135 e. The van der Waals surface area contributed by atoms with Crippen LogP contribution in [0.5, 0.6) is 0 Å². The largest absolute Gasteiger partial charge is 0.456 e. The van der Waals surface area contributed by atoms with Crippen molar-refractivity contribution in [2.75, 3.05) is 0 Å². The van der Waals surface area contributed by atoms with Crippen LogP contribution in [0.2, 0.25) is 0 Å². The molecule has 1 nitrogen and oxygen atoms in total. The molecule has 5 aromatic carbocycles. The molecule has 132 valence electrons. The van der Waals surface area contributed by atoms with Crippen molar-refractivity contribution < 1.29 is 4.42 Å². The average molecular weight is 423 g/mol. The molecule has 0 saturated carbocycles. The van der Waals surface area contributed by atoms with E-state index in [1.807, 2.05) is 12.1 Å². The molecule has 6 rings (SSSR count). The molecule has 0 N–H and O–H groups in total. The van der Waals surface area contributed by atoms with Gasteiger partial charge in [0, 0.05) is 20.8 Å². The maximum atomic E-state index is 6.02. The molecular formula is C26H15BrO. The van der Waals surface area contributed by atoms with Gasteiger partial charge in [-0.05, 0) is 61.2 Å². The van der Waals surface area contributed by atoms with Gasteiger partial charge >= 0.3 is 0 Å². The summed E-state index contributed by atoms with van der Waals surface area (Å²) in [6, 6.07) is 31.9. The van der Waals surface area contributed by atoms with Crippen molar-refractivity contribution in [3.63, 3.8) is 0 Å². The lowest BCUT2D eigenvalue weighted by atomic mass is 9.92. The average Bonchev–Trinajstić information content (AvgIpc) is 3.12. The van der Waals surface area contributed by atoms with Crippen molar-refractivity contribution in [1.82, 2.24) is 0 Å². The summed E-state index contributed by atoms with van der Waals surface area (Å²) in [6.07, 6.45) is 0. The molecule has 0 bridgehead atoms. The Balaban J connectivity index is 1.76. The molecule has 28 heavy (non-hydrogen) atoms. The van der Waals surface area contributed by atoms with E-state index in [0.717, 1.165) is 26.4 Å². The highest BCUT2D eigenvalue weighted by Crippen LogP contribution is 2.43. The third-order valence-corrected chi connectivity index (χ3v) is 6.36. The SMILES string of the molecule is Brc1c(-c2ccc3oc4ccccc4c3c2)c2ccccc2c2ccccc12. The lowest BCUT2D eigenvalue weighted by Crippen LogP contribution is -1.87. The molecule has 0 saturated heterocycles. The number of para-hydroxylation sites is 1. The Morgan fingerprint density at radius 2 is 1.07 bits per heavy atom. The predicted molar refractivity (Wildman–Crippen MR) is 122 cm³/mol. The number of hydrogen-bond acceptors (Lipinski definition) is 1. The van der Waals surface area contributed by atoms with Gasteiger partial charge in [0.05, 0.1) is 0 Å². The van der Waals surface area contributed by atoms with Gasteiger partial charge in [0.1, 0.15) is 11.2 Å². The number of halogens is 1. The Hall–Kier alpha value is -3.10. The summed E-state index contributed by atoms with van der Waals surface area (Å²) < 4.78 is 7.15. The fourth-order valence-corrected chi connectivity index (χ4v) is 5.05. The van der Waals surface area contributed by atoms with Crippen molar-refractivity contribution >= 4 is 59.4 Å². The highest BCUT2D eigenvalue weighted by molar-refractivity contribution is 9.10. The molecule has 0 amide bonds. The summed E-state index contributed by atoms with van der Waals surface area (Å²) in [5, 5.41) is 7.32. The van der Waals surface area contributed by atoms with Gasteiger partial charge < -0.3 is 4.42 Å². The number of hydrogen-bond donors (Lipinski definition) is 0. The van der Waals surface area contributed by atoms with Crippen LogP contribution in [-0.4, -0.2) is 0 Å². The molecule has 0 fully saturated rings. The topological polar surface area (TPSA) is 13.1 Å². The minimum atomic E-state index is 0.922.